The lowest BCUT2D eigenvalue weighted by Gasteiger charge is -2.09. The molecule has 0 aliphatic rings. The van der Waals surface area contributed by atoms with Gasteiger partial charge in [0.15, 0.2) is 5.58 Å². The highest BCUT2D eigenvalue weighted by Gasteiger charge is 2.17. The van der Waals surface area contributed by atoms with Crippen LogP contribution in [-0.4, -0.2) is 10.1 Å². The molecule has 20 heavy (non-hydrogen) atoms. The number of aliphatic hydroxyl groups excluding tert-OH is 1. The van der Waals surface area contributed by atoms with Crippen molar-refractivity contribution in [1.29, 1.82) is 0 Å². The molecule has 0 spiro atoms. The van der Waals surface area contributed by atoms with Gasteiger partial charge in [-0.25, -0.2) is 0 Å². The number of hydrogen-bond donors (Lipinski definition) is 1. The van der Waals surface area contributed by atoms with Crippen LogP contribution in [0.25, 0.3) is 11.0 Å². The van der Waals surface area contributed by atoms with Gasteiger partial charge >= 0.3 is 0 Å². The average Bonchev–Trinajstić information content (AvgIpc) is 2.82. The van der Waals surface area contributed by atoms with E-state index in [1.807, 2.05) is 44.2 Å². The summed E-state index contributed by atoms with van der Waals surface area (Å²) in [6.45, 7) is 3.80. The standard InChI is InChI=1S/C16H14ClNO2/c1-9-6-12(7-10(2)18-9)15(19)14-8-11-4-3-5-13(17)16(11)20-14/h3-8,15,19H,1-2H3. The highest BCUT2D eigenvalue weighted by Crippen LogP contribution is 2.32. The van der Waals surface area contributed by atoms with E-state index in [-0.39, 0.29) is 0 Å². The summed E-state index contributed by atoms with van der Waals surface area (Å²) in [6.07, 6.45) is -0.820. The van der Waals surface area contributed by atoms with E-state index < -0.39 is 6.10 Å². The summed E-state index contributed by atoms with van der Waals surface area (Å²) >= 11 is 6.09. The topological polar surface area (TPSA) is 46.3 Å². The fraction of sp³-hybridized carbons (Fsp3) is 0.188. The fourth-order valence-electron chi connectivity index (χ4n) is 2.37. The zero-order chi connectivity index (χ0) is 14.3. The summed E-state index contributed by atoms with van der Waals surface area (Å²) in [6, 6.07) is 11.1. The van der Waals surface area contributed by atoms with Crippen LogP contribution < -0.4 is 0 Å². The molecule has 0 saturated carbocycles. The van der Waals surface area contributed by atoms with Crippen LogP contribution in [-0.2, 0) is 0 Å². The maximum absolute atomic E-state index is 10.5. The third-order valence-corrected chi connectivity index (χ3v) is 3.50. The predicted molar refractivity (Wildman–Crippen MR) is 79.0 cm³/mol. The summed E-state index contributed by atoms with van der Waals surface area (Å²) in [4.78, 5) is 4.30. The molecule has 0 radical (unpaired) electrons. The van der Waals surface area contributed by atoms with Crippen LogP contribution in [0.3, 0.4) is 0 Å². The Kier molecular flexibility index (Phi) is 3.24. The molecule has 2 aromatic heterocycles. The number of halogens is 1. The number of hydrogen-bond acceptors (Lipinski definition) is 3. The Labute approximate surface area is 121 Å². The third kappa shape index (κ3) is 2.30. The van der Waals surface area contributed by atoms with E-state index >= 15 is 0 Å². The van der Waals surface area contributed by atoms with Crippen LogP contribution in [0.1, 0.15) is 28.8 Å². The quantitative estimate of drug-likeness (QED) is 0.769. The first-order valence-corrected chi connectivity index (χ1v) is 6.73. The van der Waals surface area contributed by atoms with Gasteiger partial charge in [0, 0.05) is 16.8 Å². The van der Waals surface area contributed by atoms with Gasteiger partial charge in [0.25, 0.3) is 0 Å². The van der Waals surface area contributed by atoms with Crippen molar-refractivity contribution in [3.05, 3.63) is 64.1 Å². The van der Waals surface area contributed by atoms with Crippen molar-refractivity contribution in [3.63, 3.8) is 0 Å². The summed E-state index contributed by atoms with van der Waals surface area (Å²) in [7, 11) is 0. The molecule has 2 heterocycles. The molecule has 0 amide bonds. The smallest absolute Gasteiger partial charge is 0.153 e. The molecule has 102 valence electrons. The van der Waals surface area contributed by atoms with Crippen LogP contribution in [0.15, 0.2) is 40.8 Å². The van der Waals surface area contributed by atoms with E-state index in [9.17, 15) is 5.11 Å². The molecular formula is C16H14ClNO2. The minimum atomic E-state index is -0.820. The largest absolute Gasteiger partial charge is 0.456 e. The first-order valence-electron chi connectivity index (χ1n) is 6.36. The van der Waals surface area contributed by atoms with Crippen molar-refractivity contribution in [2.75, 3.05) is 0 Å². The number of pyridine rings is 1. The van der Waals surface area contributed by atoms with E-state index in [2.05, 4.69) is 4.98 Å². The first-order chi connectivity index (χ1) is 9.54. The van der Waals surface area contributed by atoms with Gasteiger partial charge in [0.05, 0.1) is 5.02 Å². The fourth-order valence-corrected chi connectivity index (χ4v) is 2.59. The van der Waals surface area contributed by atoms with E-state index in [1.165, 1.54) is 0 Å². The molecule has 1 N–H and O–H groups in total. The maximum atomic E-state index is 10.5. The number of rotatable bonds is 2. The number of furan rings is 1. The molecule has 3 nitrogen and oxygen atoms in total. The molecule has 0 aliphatic heterocycles. The van der Waals surface area contributed by atoms with Crippen LogP contribution in [0, 0.1) is 13.8 Å². The lowest BCUT2D eigenvalue weighted by molar-refractivity contribution is 0.192. The summed E-state index contributed by atoms with van der Waals surface area (Å²) in [5.41, 5.74) is 3.11. The Morgan fingerprint density at radius 3 is 2.50 bits per heavy atom. The predicted octanol–water partition coefficient (Wildman–Crippen LogP) is 4.18. The van der Waals surface area contributed by atoms with Gasteiger partial charge < -0.3 is 9.52 Å². The zero-order valence-corrected chi connectivity index (χ0v) is 12.0. The SMILES string of the molecule is Cc1cc(C(O)c2cc3cccc(Cl)c3o2)cc(C)n1. The Balaban J connectivity index is 2.07. The van der Waals surface area contributed by atoms with Crippen LogP contribution in [0.2, 0.25) is 5.02 Å². The molecular weight excluding hydrogens is 274 g/mol. The van der Waals surface area contributed by atoms with E-state index in [0.29, 0.717) is 16.4 Å². The molecule has 1 unspecified atom stereocenters. The molecule has 1 atom stereocenters. The van der Waals surface area contributed by atoms with Crippen molar-refractivity contribution in [3.8, 4) is 0 Å². The van der Waals surface area contributed by atoms with Gasteiger partial charge in [-0.3, -0.25) is 4.98 Å². The molecule has 3 aromatic rings. The minimum absolute atomic E-state index is 0.484. The number of aromatic nitrogens is 1. The van der Waals surface area contributed by atoms with E-state index in [1.54, 1.807) is 6.07 Å². The van der Waals surface area contributed by atoms with Gasteiger partial charge in [-0.2, -0.15) is 0 Å². The second-order valence-electron chi connectivity index (χ2n) is 4.89. The van der Waals surface area contributed by atoms with Crippen molar-refractivity contribution in [1.82, 2.24) is 4.98 Å². The van der Waals surface area contributed by atoms with Crippen molar-refractivity contribution in [2.24, 2.45) is 0 Å². The monoisotopic (exact) mass is 287 g/mol. The van der Waals surface area contributed by atoms with Gasteiger partial charge in [-0.1, -0.05) is 23.7 Å². The number of fused-ring (bicyclic) bond motifs is 1. The van der Waals surface area contributed by atoms with E-state index in [0.717, 1.165) is 22.3 Å². The molecule has 1 aromatic carbocycles. The second kappa shape index (κ2) is 4.93. The van der Waals surface area contributed by atoms with Crippen LogP contribution in [0.5, 0.6) is 0 Å². The van der Waals surface area contributed by atoms with Gasteiger partial charge in [0.2, 0.25) is 0 Å². The number of nitrogens with zero attached hydrogens (tertiary/aromatic N) is 1. The van der Waals surface area contributed by atoms with E-state index in [4.69, 9.17) is 16.0 Å². The maximum Gasteiger partial charge on any atom is 0.153 e. The van der Waals surface area contributed by atoms with Crippen molar-refractivity contribution >= 4 is 22.6 Å². The highest BCUT2D eigenvalue weighted by molar-refractivity contribution is 6.34. The summed E-state index contributed by atoms with van der Waals surface area (Å²) in [5.74, 6) is 0.484. The number of aliphatic hydroxyl groups is 1. The highest BCUT2D eigenvalue weighted by atomic mass is 35.5. The Bertz CT molecular complexity index is 759. The Morgan fingerprint density at radius 2 is 1.85 bits per heavy atom. The van der Waals surface area contributed by atoms with Crippen LogP contribution in [0.4, 0.5) is 0 Å². The normalized spacial score (nSPS) is 12.8. The van der Waals surface area contributed by atoms with Gasteiger partial charge in [0.1, 0.15) is 11.9 Å². The number of para-hydroxylation sites is 1. The van der Waals surface area contributed by atoms with Gasteiger partial charge in [-0.05, 0) is 43.7 Å². The molecule has 0 saturated heterocycles. The molecule has 0 fully saturated rings. The second-order valence-corrected chi connectivity index (χ2v) is 5.30. The van der Waals surface area contributed by atoms with Gasteiger partial charge in [-0.15, -0.1) is 0 Å². The molecule has 4 heteroatoms. The molecule has 0 aliphatic carbocycles. The van der Waals surface area contributed by atoms with Crippen LogP contribution >= 0.6 is 11.6 Å². The summed E-state index contributed by atoms with van der Waals surface area (Å²) < 4.78 is 5.69. The van der Waals surface area contributed by atoms with Crippen molar-refractivity contribution in [2.45, 2.75) is 20.0 Å². The Hall–Kier alpha value is -1.84. The van der Waals surface area contributed by atoms with Crippen molar-refractivity contribution < 1.29 is 9.52 Å². The Morgan fingerprint density at radius 1 is 1.15 bits per heavy atom. The lowest BCUT2D eigenvalue weighted by atomic mass is 10.1. The summed E-state index contributed by atoms with van der Waals surface area (Å²) in [5, 5.41) is 11.9. The molecule has 0 bridgehead atoms. The third-order valence-electron chi connectivity index (χ3n) is 3.20. The lowest BCUT2D eigenvalue weighted by Crippen LogP contribution is -2.00. The zero-order valence-electron chi connectivity index (χ0n) is 11.2. The first kappa shape index (κ1) is 13.2. The minimum Gasteiger partial charge on any atom is -0.456 e. The average molecular weight is 288 g/mol. The molecule has 3 rings (SSSR count). The number of benzene rings is 1. The number of aryl methyl sites for hydroxylation is 2.